The zero-order chi connectivity index (χ0) is 16.8. The molecule has 1 N–H and O–H groups in total. The first kappa shape index (κ1) is 15.9. The zero-order valence-electron chi connectivity index (χ0n) is 13.6. The largest absolute Gasteiger partial charge is 0.444 e. The third-order valence-corrected chi connectivity index (χ3v) is 3.81. The van der Waals surface area contributed by atoms with E-state index in [0.717, 1.165) is 22.5 Å². The Labute approximate surface area is 142 Å². The molecule has 4 nitrogen and oxygen atoms in total. The maximum atomic E-state index is 11.9. The molecule has 0 fully saturated rings. The van der Waals surface area contributed by atoms with Crippen molar-refractivity contribution in [1.29, 1.82) is 0 Å². The van der Waals surface area contributed by atoms with Crippen LogP contribution in [0.15, 0.2) is 78.5 Å². The number of carbonyl (C=O) groups excluding carboxylic acids is 1. The lowest BCUT2D eigenvalue weighted by Crippen LogP contribution is -2.32. The summed E-state index contributed by atoms with van der Waals surface area (Å²) in [6.07, 6.45) is 3.49. The number of hydrogen-bond donors (Lipinski definition) is 1. The molecular formula is C20H20N2O2. The average molecular weight is 320 g/mol. The molecule has 0 saturated carbocycles. The van der Waals surface area contributed by atoms with Crippen molar-refractivity contribution >= 4 is 11.8 Å². The van der Waals surface area contributed by atoms with Gasteiger partial charge in [0.25, 0.3) is 0 Å². The lowest BCUT2D eigenvalue weighted by molar-refractivity contribution is 0.142. The van der Waals surface area contributed by atoms with Crippen molar-refractivity contribution in [2.45, 2.75) is 6.61 Å². The molecule has 1 amide bonds. The Bertz CT molecular complexity index is 752. The second-order valence-corrected chi connectivity index (χ2v) is 5.65. The molecule has 0 atom stereocenters. The Hall–Kier alpha value is -3.01. The number of carbonyl (C=O) groups is 1. The maximum absolute atomic E-state index is 11.9. The lowest BCUT2D eigenvalue weighted by Gasteiger charge is -2.27. The zero-order valence-corrected chi connectivity index (χ0v) is 13.6. The van der Waals surface area contributed by atoms with Crippen molar-refractivity contribution in [1.82, 2.24) is 10.2 Å². The van der Waals surface area contributed by atoms with Crippen LogP contribution in [0, 0.1) is 0 Å². The van der Waals surface area contributed by atoms with E-state index < -0.39 is 6.09 Å². The number of ether oxygens (including phenoxy) is 1. The van der Waals surface area contributed by atoms with Crippen LogP contribution in [0.25, 0.3) is 5.70 Å². The minimum atomic E-state index is -0.435. The molecule has 0 saturated heterocycles. The van der Waals surface area contributed by atoms with Crippen LogP contribution in [-0.4, -0.2) is 24.6 Å². The summed E-state index contributed by atoms with van der Waals surface area (Å²) in [6, 6.07) is 19.8. The van der Waals surface area contributed by atoms with Crippen LogP contribution >= 0.6 is 0 Å². The van der Waals surface area contributed by atoms with E-state index in [1.54, 1.807) is 0 Å². The van der Waals surface area contributed by atoms with Gasteiger partial charge in [-0.2, -0.15) is 0 Å². The van der Waals surface area contributed by atoms with Gasteiger partial charge in [-0.15, -0.1) is 0 Å². The van der Waals surface area contributed by atoms with Crippen molar-refractivity contribution in [3.05, 3.63) is 89.6 Å². The molecule has 3 rings (SSSR count). The van der Waals surface area contributed by atoms with Crippen LogP contribution in [0.3, 0.4) is 0 Å². The Kier molecular flexibility index (Phi) is 4.96. The summed E-state index contributed by atoms with van der Waals surface area (Å²) in [5.41, 5.74) is 4.06. The van der Waals surface area contributed by atoms with Gasteiger partial charge < -0.3 is 9.64 Å². The summed E-state index contributed by atoms with van der Waals surface area (Å²) in [5.74, 6) is 0. The molecule has 0 aliphatic carbocycles. The van der Waals surface area contributed by atoms with Gasteiger partial charge in [0.2, 0.25) is 0 Å². The van der Waals surface area contributed by atoms with Crippen molar-refractivity contribution in [3.8, 4) is 0 Å². The molecule has 0 radical (unpaired) electrons. The van der Waals surface area contributed by atoms with Gasteiger partial charge in [-0.3, -0.25) is 5.32 Å². The van der Waals surface area contributed by atoms with Crippen molar-refractivity contribution in [3.63, 3.8) is 0 Å². The summed E-state index contributed by atoms with van der Waals surface area (Å²) in [7, 11) is 2.00. The quantitative estimate of drug-likeness (QED) is 0.932. The van der Waals surface area contributed by atoms with E-state index in [1.807, 2.05) is 67.7 Å². The number of benzene rings is 2. The monoisotopic (exact) mass is 320 g/mol. The highest BCUT2D eigenvalue weighted by molar-refractivity contribution is 5.72. The van der Waals surface area contributed by atoms with Crippen molar-refractivity contribution in [2.24, 2.45) is 0 Å². The Morgan fingerprint density at radius 3 is 2.38 bits per heavy atom. The van der Waals surface area contributed by atoms with Gasteiger partial charge in [0.15, 0.2) is 0 Å². The number of alkyl carbamates (subject to hydrolysis) is 1. The highest BCUT2D eigenvalue weighted by atomic mass is 16.5. The van der Waals surface area contributed by atoms with E-state index in [1.165, 1.54) is 0 Å². The minimum absolute atomic E-state index is 0.265. The van der Waals surface area contributed by atoms with E-state index >= 15 is 0 Å². The standard InChI is InChI=1S/C20H20N2O2/c1-22-14-18(12-13-19(22)17-10-6-3-7-11-17)21-20(23)24-15-16-8-4-2-5-9-16/h2-13H,14-15H2,1H3,(H,21,23). The predicted molar refractivity (Wildman–Crippen MR) is 94.9 cm³/mol. The number of rotatable bonds is 4. The molecule has 0 spiro atoms. The van der Waals surface area contributed by atoms with Crippen LogP contribution in [0.2, 0.25) is 0 Å². The maximum Gasteiger partial charge on any atom is 0.411 e. The van der Waals surface area contributed by atoms with Crippen LogP contribution in [-0.2, 0) is 11.3 Å². The second kappa shape index (κ2) is 7.51. The fraction of sp³-hybridized carbons (Fsp3) is 0.150. The summed E-state index contributed by atoms with van der Waals surface area (Å²) >= 11 is 0. The molecule has 1 aliphatic rings. The van der Waals surface area contributed by atoms with Gasteiger partial charge in [-0.05, 0) is 23.3 Å². The molecular weight excluding hydrogens is 300 g/mol. The third-order valence-electron chi connectivity index (χ3n) is 3.81. The first-order valence-electron chi connectivity index (χ1n) is 7.87. The first-order chi connectivity index (χ1) is 11.7. The summed E-state index contributed by atoms with van der Waals surface area (Å²) in [4.78, 5) is 14.0. The Morgan fingerprint density at radius 2 is 1.71 bits per heavy atom. The second-order valence-electron chi connectivity index (χ2n) is 5.65. The van der Waals surface area contributed by atoms with E-state index in [9.17, 15) is 4.79 Å². The molecule has 4 heteroatoms. The fourth-order valence-corrected chi connectivity index (χ4v) is 2.60. The topological polar surface area (TPSA) is 41.6 Å². The number of amides is 1. The SMILES string of the molecule is CN1CC(NC(=O)OCc2ccccc2)=CC=C1c1ccccc1. The van der Waals surface area contributed by atoms with Crippen molar-refractivity contribution in [2.75, 3.05) is 13.6 Å². The highest BCUT2D eigenvalue weighted by Crippen LogP contribution is 2.21. The summed E-state index contributed by atoms with van der Waals surface area (Å²) in [6.45, 7) is 0.891. The highest BCUT2D eigenvalue weighted by Gasteiger charge is 2.15. The minimum Gasteiger partial charge on any atom is -0.444 e. The lowest BCUT2D eigenvalue weighted by atomic mass is 10.1. The van der Waals surface area contributed by atoms with Gasteiger partial charge in [-0.25, -0.2) is 4.79 Å². The summed E-state index contributed by atoms with van der Waals surface area (Å²) < 4.78 is 5.25. The molecule has 1 aliphatic heterocycles. The van der Waals surface area contributed by atoms with E-state index in [-0.39, 0.29) is 6.61 Å². The van der Waals surface area contributed by atoms with Crippen LogP contribution < -0.4 is 5.32 Å². The third kappa shape index (κ3) is 4.04. The van der Waals surface area contributed by atoms with Crippen LogP contribution in [0.5, 0.6) is 0 Å². The van der Waals surface area contributed by atoms with Crippen molar-refractivity contribution < 1.29 is 9.53 Å². The molecule has 2 aromatic rings. The number of hydrogen-bond acceptors (Lipinski definition) is 3. The van der Waals surface area contributed by atoms with E-state index in [2.05, 4.69) is 22.3 Å². The van der Waals surface area contributed by atoms with Gasteiger partial charge >= 0.3 is 6.09 Å². The number of nitrogens with zero attached hydrogens (tertiary/aromatic N) is 1. The molecule has 0 unspecified atom stereocenters. The van der Waals surface area contributed by atoms with E-state index in [0.29, 0.717) is 6.54 Å². The number of nitrogens with one attached hydrogen (secondary N) is 1. The normalized spacial score (nSPS) is 13.8. The molecule has 0 aromatic heterocycles. The van der Waals surface area contributed by atoms with Crippen LogP contribution in [0.1, 0.15) is 11.1 Å². The fourth-order valence-electron chi connectivity index (χ4n) is 2.60. The van der Waals surface area contributed by atoms with Gasteiger partial charge in [0.05, 0.1) is 6.54 Å². The number of likely N-dealkylation sites (N-methyl/N-ethyl adjacent to an activating group) is 1. The molecule has 122 valence electrons. The molecule has 1 heterocycles. The smallest absolute Gasteiger partial charge is 0.411 e. The van der Waals surface area contributed by atoms with E-state index in [4.69, 9.17) is 4.74 Å². The first-order valence-corrected chi connectivity index (χ1v) is 7.87. The molecule has 24 heavy (non-hydrogen) atoms. The van der Waals surface area contributed by atoms with Crippen LogP contribution in [0.4, 0.5) is 4.79 Å². The number of allylic oxidation sites excluding steroid dienone is 2. The molecule has 0 bridgehead atoms. The average Bonchev–Trinajstić information content (AvgIpc) is 2.62. The molecule has 2 aromatic carbocycles. The predicted octanol–water partition coefficient (Wildman–Crippen LogP) is 3.78. The van der Waals surface area contributed by atoms with Gasteiger partial charge in [0.1, 0.15) is 6.61 Å². The Balaban J connectivity index is 1.59. The van der Waals surface area contributed by atoms with Gasteiger partial charge in [-0.1, -0.05) is 60.7 Å². The summed E-state index contributed by atoms with van der Waals surface area (Å²) in [5, 5.41) is 2.81. The van der Waals surface area contributed by atoms with Gasteiger partial charge in [0, 0.05) is 18.4 Å². The Morgan fingerprint density at radius 1 is 1.04 bits per heavy atom.